The number of benzene rings is 8. The van der Waals surface area contributed by atoms with E-state index in [1.165, 1.54) is 47.1 Å². The van der Waals surface area contributed by atoms with Gasteiger partial charge in [-0.15, -0.1) is 11.3 Å². The normalized spacial score (nSPS) is 11.8. The summed E-state index contributed by atoms with van der Waals surface area (Å²) in [6, 6.07) is 53.9. The van der Waals surface area contributed by atoms with Gasteiger partial charge in [-0.2, -0.15) is 0 Å². The quantitative estimate of drug-likeness (QED) is 0.186. The number of fused-ring (bicyclic) bond motifs is 9. The average Bonchev–Trinajstić information content (AvgIpc) is 3.53. The molecule has 3 nitrogen and oxygen atoms in total. The molecule has 0 radical (unpaired) electrons. The molecule has 0 fully saturated rings. The molecule has 0 saturated carbocycles. The molecule has 8 aromatic carbocycles. The summed E-state index contributed by atoms with van der Waals surface area (Å²) in [5.41, 5.74) is 2.98. The SMILES string of the molecule is c1ccc2c(c1)ccc1cc(-c3nc(-c4cccc5ccc6ccccc6c45)nc(-c4cccc5sc6ccccc6c45)n3)ccc12. The Morgan fingerprint density at radius 2 is 0.894 bits per heavy atom. The van der Waals surface area contributed by atoms with Gasteiger partial charge >= 0.3 is 0 Å². The summed E-state index contributed by atoms with van der Waals surface area (Å²) in [7, 11) is 0. The number of thiophene rings is 1. The fraction of sp³-hybridized carbons (Fsp3) is 0. The third-order valence-corrected chi connectivity index (χ3v) is 10.4. The number of hydrogen-bond donors (Lipinski definition) is 0. The van der Waals surface area contributed by atoms with Gasteiger partial charge in [0.05, 0.1) is 0 Å². The number of hydrogen-bond acceptors (Lipinski definition) is 4. The number of rotatable bonds is 3. The molecule has 218 valence electrons. The second-order valence-corrected chi connectivity index (χ2v) is 13.1. The lowest BCUT2D eigenvalue weighted by Crippen LogP contribution is -2.01. The van der Waals surface area contributed by atoms with Crippen LogP contribution in [0.2, 0.25) is 0 Å². The second kappa shape index (κ2) is 10.3. The highest BCUT2D eigenvalue weighted by Crippen LogP contribution is 2.41. The van der Waals surface area contributed by atoms with Crippen LogP contribution in [0.3, 0.4) is 0 Å². The molecule has 10 rings (SSSR count). The molecule has 0 bridgehead atoms. The van der Waals surface area contributed by atoms with Crippen LogP contribution in [-0.2, 0) is 0 Å². The largest absolute Gasteiger partial charge is 0.208 e. The molecule has 0 unspecified atom stereocenters. The topological polar surface area (TPSA) is 38.7 Å². The highest BCUT2D eigenvalue weighted by molar-refractivity contribution is 7.25. The Labute approximate surface area is 274 Å². The molecule has 0 aliphatic rings. The Morgan fingerprint density at radius 1 is 0.340 bits per heavy atom. The van der Waals surface area contributed by atoms with Crippen LogP contribution in [0.15, 0.2) is 152 Å². The zero-order valence-corrected chi connectivity index (χ0v) is 26.0. The van der Waals surface area contributed by atoms with Gasteiger partial charge in [-0.1, -0.05) is 133 Å². The van der Waals surface area contributed by atoms with E-state index >= 15 is 0 Å². The summed E-state index contributed by atoms with van der Waals surface area (Å²) >= 11 is 1.81. The van der Waals surface area contributed by atoms with Crippen molar-refractivity contribution < 1.29 is 0 Å². The molecule has 0 aliphatic carbocycles. The smallest absolute Gasteiger partial charge is 0.164 e. The van der Waals surface area contributed by atoms with Crippen molar-refractivity contribution in [2.24, 2.45) is 0 Å². The van der Waals surface area contributed by atoms with Crippen molar-refractivity contribution in [3.8, 4) is 34.2 Å². The summed E-state index contributed by atoms with van der Waals surface area (Å²) < 4.78 is 2.48. The third kappa shape index (κ3) is 4.16. The van der Waals surface area contributed by atoms with E-state index in [4.69, 9.17) is 15.0 Å². The van der Waals surface area contributed by atoms with E-state index in [2.05, 4.69) is 152 Å². The number of aromatic nitrogens is 3. The van der Waals surface area contributed by atoms with Crippen molar-refractivity contribution in [3.63, 3.8) is 0 Å². The van der Waals surface area contributed by atoms with E-state index in [9.17, 15) is 0 Å². The minimum Gasteiger partial charge on any atom is -0.208 e. The van der Waals surface area contributed by atoms with Crippen molar-refractivity contribution in [2.45, 2.75) is 0 Å². The molecular formula is C43H25N3S. The van der Waals surface area contributed by atoms with Crippen molar-refractivity contribution in [1.82, 2.24) is 15.0 Å². The summed E-state index contributed by atoms with van der Waals surface area (Å²) in [6.45, 7) is 0. The molecule has 0 N–H and O–H groups in total. The van der Waals surface area contributed by atoms with Gasteiger partial charge in [0.2, 0.25) is 0 Å². The van der Waals surface area contributed by atoms with Crippen LogP contribution in [0.1, 0.15) is 0 Å². The van der Waals surface area contributed by atoms with Crippen molar-refractivity contribution in [2.75, 3.05) is 0 Å². The Kier molecular flexibility index (Phi) is 5.74. The molecule has 0 aliphatic heterocycles. The summed E-state index contributed by atoms with van der Waals surface area (Å²) in [6.07, 6.45) is 0. The predicted molar refractivity (Wildman–Crippen MR) is 199 cm³/mol. The molecule has 0 amide bonds. The van der Waals surface area contributed by atoms with Crippen molar-refractivity contribution in [3.05, 3.63) is 152 Å². The van der Waals surface area contributed by atoms with Gasteiger partial charge in [-0.05, 0) is 55.9 Å². The Hall–Kier alpha value is -5.97. The van der Waals surface area contributed by atoms with Gasteiger partial charge in [0, 0.05) is 42.2 Å². The Balaban J connectivity index is 1.28. The molecule has 0 saturated heterocycles. The fourth-order valence-electron chi connectivity index (χ4n) is 7.10. The Bertz CT molecular complexity index is 2870. The van der Waals surface area contributed by atoms with Crippen molar-refractivity contribution in [1.29, 1.82) is 0 Å². The van der Waals surface area contributed by atoms with Gasteiger partial charge in [-0.3, -0.25) is 0 Å². The molecule has 2 aromatic heterocycles. The maximum absolute atomic E-state index is 5.28. The van der Waals surface area contributed by atoms with Gasteiger partial charge in [0.15, 0.2) is 17.5 Å². The standard InChI is InChI=1S/C43H25N3S/c1-3-12-31-26(9-1)20-22-29-25-30(23-24-32(29)31)41-44-42(35-15-7-11-28-21-19-27-10-2-4-13-33(27)39(28)35)46-43(45-41)36-16-8-18-38-40(36)34-14-5-6-17-37(34)47-38/h1-25H. The van der Waals surface area contributed by atoms with E-state index in [0.29, 0.717) is 17.5 Å². The Morgan fingerprint density at radius 3 is 1.72 bits per heavy atom. The van der Waals surface area contributed by atoms with Gasteiger partial charge in [0.1, 0.15) is 0 Å². The van der Waals surface area contributed by atoms with Crippen LogP contribution >= 0.6 is 11.3 Å². The lowest BCUT2D eigenvalue weighted by Gasteiger charge is -2.13. The van der Waals surface area contributed by atoms with Crippen LogP contribution in [0, 0.1) is 0 Å². The van der Waals surface area contributed by atoms with E-state index < -0.39 is 0 Å². The van der Waals surface area contributed by atoms with Gasteiger partial charge < -0.3 is 0 Å². The van der Waals surface area contributed by atoms with Crippen LogP contribution in [0.25, 0.3) is 97.4 Å². The minimum absolute atomic E-state index is 0.661. The van der Waals surface area contributed by atoms with Crippen LogP contribution in [-0.4, -0.2) is 15.0 Å². The van der Waals surface area contributed by atoms with E-state index in [-0.39, 0.29) is 0 Å². The van der Waals surface area contributed by atoms with Crippen LogP contribution in [0.4, 0.5) is 0 Å². The fourth-order valence-corrected chi connectivity index (χ4v) is 8.24. The predicted octanol–water partition coefficient (Wildman–Crippen LogP) is 11.9. The molecule has 0 atom stereocenters. The first-order valence-corrected chi connectivity index (χ1v) is 16.6. The average molecular weight is 616 g/mol. The van der Waals surface area contributed by atoms with E-state index in [1.807, 2.05) is 0 Å². The zero-order chi connectivity index (χ0) is 30.9. The molecule has 2 heterocycles. The first-order chi connectivity index (χ1) is 23.3. The molecule has 47 heavy (non-hydrogen) atoms. The maximum atomic E-state index is 5.28. The third-order valence-electron chi connectivity index (χ3n) is 9.29. The summed E-state index contributed by atoms with van der Waals surface area (Å²) in [4.78, 5) is 15.7. The minimum atomic E-state index is 0.661. The first kappa shape index (κ1) is 26.3. The molecule has 4 heteroatoms. The van der Waals surface area contributed by atoms with Crippen molar-refractivity contribution >= 4 is 74.6 Å². The maximum Gasteiger partial charge on any atom is 0.164 e. The van der Waals surface area contributed by atoms with E-state index in [1.54, 1.807) is 11.3 Å². The second-order valence-electron chi connectivity index (χ2n) is 12.0. The van der Waals surface area contributed by atoms with Gasteiger partial charge in [0.25, 0.3) is 0 Å². The number of nitrogens with zero attached hydrogens (tertiary/aromatic N) is 3. The van der Waals surface area contributed by atoms with Crippen LogP contribution in [0.5, 0.6) is 0 Å². The lowest BCUT2D eigenvalue weighted by molar-refractivity contribution is 1.08. The molecule has 10 aromatic rings. The first-order valence-electron chi connectivity index (χ1n) is 15.8. The highest BCUT2D eigenvalue weighted by Gasteiger charge is 2.19. The zero-order valence-electron chi connectivity index (χ0n) is 25.2. The lowest BCUT2D eigenvalue weighted by atomic mass is 9.97. The van der Waals surface area contributed by atoms with E-state index in [0.717, 1.165) is 32.8 Å². The molecular weight excluding hydrogens is 591 g/mol. The van der Waals surface area contributed by atoms with Gasteiger partial charge in [-0.25, -0.2) is 15.0 Å². The summed E-state index contributed by atoms with van der Waals surface area (Å²) in [5, 5.41) is 12.0. The summed E-state index contributed by atoms with van der Waals surface area (Å²) in [5.74, 6) is 2.01. The monoisotopic (exact) mass is 615 g/mol. The van der Waals surface area contributed by atoms with Crippen LogP contribution < -0.4 is 0 Å². The molecule has 0 spiro atoms. The highest BCUT2D eigenvalue weighted by atomic mass is 32.1.